The first-order valence-electron chi connectivity index (χ1n) is 3.26. The van der Waals surface area contributed by atoms with Crippen molar-refractivity contribution in [1.29, 1.82) is 5.26 Å². The van der Waals surface area contributed by atoms with Gasteiger partial charge < -0.3 is 4.42 Å². The van der Waals surface area contributed by atoms with E-state index in [0.29, 0.717) is 5.56 Å². The molecule has 0 N–H and O–H groups in total. The van der Waals surface area contributed by atoms with E-state index in [0.717, 1.165) is 11.1 Å². The van der Waals surface area contributed by atoms with Crippen molar-refractivity contribution < 1.29 is 4.42 Å². The maximum atomic E-state index is 8.56. The van der Waals surface area contributed by atoms with E-state index < -0.39 is 0 Å². The summed E-state index contributed by atoms with van der Waals surface area (Å²) in [6.07, 6.45) is 3.24. The summed E-state index contributed by atoms with van der Waals surface area (Å²) in [5, 5.41) is 8.56. The number of nitrogens with zero attached hydrogens (tertiary/aromatic N) is 1. The third-order valence-corrected chi connectivity index (χ3v) is 1.61. The molecule has 0 radical (unpaired) electrons. The Morgan fingerprint density at radius 1 is 1.27 bits per heavy atom. The normalized spacial score (nSPS) is 9.73. The number of hydrogen-bond donors (Lipinski definition) is 0. The monoisotopic (exact) mass is 143 g/mol. The largest absolute Gasteiger partial charge is 0.472 e. The molecular weight excluding hydrogens is 138 g/mol. The van der Waals surface area contributed by atoms with Crippen LogP contribution in [-0.4, -0.2) is 0 Å². The minimum absolute atomic E-state index is 0.682. The Kier molecular flexibility index (Phi) is 1.16. The second-order valence-electron chi connectivity index (χ2n) is 2.32. The van der Waals surface area contributed by atoms with Crippen molar-refractivity contribution >= 4 is 0 Å². The summed E-state index contributed by atoms with van der Waals surface area (Å²) in [6, 6.07) is 7.56. The van der Waals surface area contributed by atoms with Crippen molar-refractivity contribution in [3.63, 3.8) is 0 Å². The van der Waals surface area contributed by atoms with Gasteiger partial charge in [-0.3, -0.25) is 0 Å². The van der Waals surface area contributed by atoms with Gasteiger partial charge in [-0.2, -0.15) is 5.26 Å². The van der Waals surface area contributed by atoms with Crippen LogP contribution in [0.15, 0.2) is 35.1 Å². The Morgan fingerprint density at radius 3 is 2.82 bits per heavy atom. The fourth-order valence-corrected chi connectivity index (χ4v) is 1.08. The van der Waals surface area contributed by atoms with Gasteiger partial charge >= 0.3 is 0 Å². The average Bonchev–Trinajstić information content (AvgIpc) is 2.46. The van der Waals surface area contributed by atoms with Gasteiger partial charge in [-0.1, -0.05) is 0 Å². The van der Waals surface area contributed by atoms with E-state index in [9.17, 15) is 0 Å². The second-order valence-corrected chi connectivity index (χ2v) is 2.32. The predicted octanol–water partition coefficient (Wildman–Crippen LogP) is 2.26. The van der Waals surface area contributed by atoms with Crippen LogP contribution < -0.4 is 0 Å². The molecule has 0 aromatic rings. The topological polar surface area (TPSA) is 36.9 Å². The van der Waals surface area contributed by atoms with Gasteiger partial charge in [-0.25, -0.2) is 0 Å². The van der Waals surface area contributed by atoms with Gasteiger partial charge in [0.05, 0.1) is 24.2 Å². The van der Waals surface area contributed by atoms with Gasteiger partial charge in [0.25, 0.3) is 0 Å². The first-order valence-corrected chi connectivity index (χ1v) is 3.26. The highest BCUT2D eigenvalue weighted by Crippen LogP contribution is 2.24. The van der Waals surface area contributed by atoms with Crippen LogP contribution in [0.1, 0.15) is 5.56 Å². The highest BCUT2D eigenvalue weighted by atomic mass is 16.3. The molecule has 0 saturated heterocycles. The molecule has 0 bridgehead atoms. The summed E-state index contributed by atoms with van der Waals surface area (Å²) in [6.45, 7) is 0. The van der Waals surface area contributed by atoms with Gasteiger partial charge in [0, 0.05) is 5.56 Å². The van der Waals surface area contributed by atoms with Crippen molar-refractivity contribution in [2.45, 2.75) is 0 Å². The molecule has 2 rings (SSSR count). The van der Waals surface area contributed by atoms with Crippen molar-refractivity contribution in [3.05, 3.63) is 36.3 Å². The van der Waals surface area contributed by atoms with E-state index >= 15 is 0 Å². The number of nitriles is 1. The predicted molar refractivity (Wildman–Crippen MR) is 40.0 cm³/mol. The Balaban J connectivity index is 2.72. The Morgan fingerprint density at radius 2 is 2.09 bits per heavy atom. The van der Waals surface area contributed by atoms with E-state index in [4.69, 9.17) is 9.68 Å². The molecule has 2 aliphatic rings. The molecule has 0 amide bonds. The lowest BCUT2D eigenvalue weighted by Gasteiger charge is -1.91. The van der Waals surface area contributed by atoms with Crippen LogP contribution >= 0.6 is 0 Å². The zero-order chi connectivity index (χ0) is 7.68. The van der Waals surface area contributed by atoms with E-state index in [1.54, 1.807) is 18.6 Å². The second kappa shape index (κ2) is 2.14. The zero-order valence-electron chi connectivity index (χ0n) is 5.74. The molecule has 1 aliphatic heterocycles. The number of hydrogen-bond acceptors (Lipinski definition) is 2. The fraction of sp³-hybridized carbons (Fsp3) is 0. The summed E-state index contributed by atoms with van der Waals surface area (Å²) >= 11 is 0. The standard InChI is InChI=1S/C9H5NO/c10-5-7-3-8-1-2-11-6-9(8)4-7/h1-4,6H. The fourth-order valence-electron chi connectivity index (χ4n) is 1.08. The lowest BCUT2D eigenvalue weighted by atomic mass is 10.2. The molecular formula is C9H5NO. The van der Waals surface area contributed by atoms with Crippen molar-refractivity contribution in [3.8, 4) is 17.2 Å². The van der Waals surface area contributed by atoms with Crippen LogP contribution in [0.3, 0.4) is 0 Å². The summed E-state index contributed by atoms with van der Waals surface area (Å²) < 4.78 is 4.94. The van der Waals surface area contributed by atoms with Crippen LogP contribution in [-0.2, 0) is 0 Å². The molecule has 0 spiro atoms. The molecule has 52 valence electrons. The van der Waals surface area contributed by atoms with E-state index in [1.807, 2.05) is 12.1 Å². The van der Waals surface area contributed by atoms with Crippen LogP contribution in [0, 0.1) is 11.3 Å². The SMILES string of the molecule is N#Cc1cc2ccocc-2c1. The third kappa shape index (κ3) is 0.870. The van der Waals surface area contributed by atoms with Crippen molar-refractivity contribution in [2.24, 2.45) is 0 Å². The van der Waals surface area contributed by atoms with Crippen molar-refractivity contribution in [1.82, 2.24) is 0 Å². The average molecular weight is 143 g/mol. The van der Waals surface area contributed by atoms with Gasteiger partial charge in [-0.15, -0.1) is 0 Å². The molecule has 0 aromatic carbocycles. The smallest absolute Gasteiger partial charge is 0.0992 e. The van der Waals surface area contributed by atoms with Crippen molar-refractivity contribution in [2.75, 3.05) is 0 Å². The van der Waals surface area contributed by atoms with Crippen LogP contribution in [0.5, 0.6) is 0 Å². The van der Waals surface area contributed by atoms with Crippen LogP contribution in [0.4, 0.5) is 0 Å². The molecule has 0 fully saturated rings. The Hall–Kier alpha value is -1.75. The molecule has 1 aliphatic carbocycles. The van der Waals surface area contributed by atoms with E-state index in [-0.39, 0.29) is 0 Å². The summed E-state index contributed by atoms with van der Waals surface area (Å²) in [4.78, 5) is 0. The molecule has 0 saturated carbocycles. The molecule has 0 atom stereocenters. The first-order chi connectivity index (χ1) is 5.40. The molecule has 1 heterocycles. The van der Waals surface area contributed by atoms with Crippen LogP contribution in [0.2, 0.25) is 0 Å². The lowest BCUT2D eigenvalue weighted by Crippen LogP contribution is -1.67. The highest BCUT2D eigenvalue weighted by molar-refractivity contribution is 5.68. The summed E-state index contributed by atoms with van der Waals surface area (Å²) in [5.41, 5.74) is 2.71. The zero-order valence-corrected chi connectivity index (χ0v) is 5.74. The minimum atomic E-state index is 0.682. The highest BCUT2D eigenvalue weighted by Gasteiger charge is 2.04. The quantitative estimate of drug-likeness (QED) is 0.567. The number of rotatable bonds is 0. The Labute approximate surface area is 64.0 Å². The molecule has 11 heavy (non-hydrogen) atoms. The van der Waals surface area contributed by atoms with Gasteiger partial charge in [0.1, 0.15) is 0 Å². The van der Waals surface area contributed by atoms with Gasteiger partial charge in [0.15, 0.2) is 0 Å². The maximum absolute atomic E-state index is 8.56. The van der Waals surface area contributed by atoms with E-state index in [1.165, 1.54) is 0 Å². The van der Waals surface area contributed by atoms with Gasteiger partial charge in [-0.05, 0) is 23.8 Å². The molecule has 0 aromatic heterocycles. The maximum Gasteiger partial charge on any atom is 0.0992 e. The minimum Gasteiger partial charge on any atom is -0.472 e. The molecule has 2 nitrogen and oxygen atoms in total. The first kappa shape index (κ1) is 5.99. The Bertz CT molecular complexity index is 353. The third-order valence-electron chi connectivity index (χ3n) is 1.61. The summed E-state index contributed by atoms with van der Waals surface area (Å²) in [5.74, 6) is 0. The molecule has 0 unspecified atom stereocenters. The van der Waals surface area contributed by atoms with E-state index in [2.05, 4.69) is 6.07 Å². The van der Waals surface area contributed by atoms with Crippen LogP contribution in [0.25, 0.3) is 11.1 Å². The lowest BCUT2D eigenvalue weighted by molar-refractivity contribution is 0.552. The molecule has 2 heteroatoms. The number of fused-ring (bicyclic) bond motifs is 1. The summed E-state index contributed by atoms with van der Waals surface area (Å²) in [7, 11) is 0. The van der Waals surface area contributed by atoms with Gasteiger partial charge in [0.2, 0.25) is 0 Å².